The lowest BCUT2D eigenvalue weighted by Gasteiger charge is -2.14. The summed E-state index contributed by atoms with van der Waals surface area (Å²) in [4.78, 5) is 20.2. The van der Waals surface area contributed by atoms with Gasteiger partial charge in [0.05, 0.1) is 12.0 Å². The molecule has 5 heteroatoms. The van der Waals surface area contributed by atoms with E-state index < -0.39 is 5.97 Å². The summed E-state index contributed by atoms with van der Waals surface area (Å²) >= 11 is 0. The van der Waals surface area contributed by atoms with E-state index in [1.807, 2.05) is 0 Å². The third-order valence-electron chi connectivity index (χ3n) is 3.84. The van der Waals surface area contributed by atoms with E-state index in [9.17, 15) is 4.79 Å². The first kappa shape index (κ1) is 13.7. The maximum absolute atomic E-state index is 11.8. The Hall–Kier alpha value is -2.30. The summed E-state index contributed by atoms with van der Waals surface area (Å²) in [6.45, 7) is 4.20. The van der Waals surface area contributed by atoms with Crippen molar-refractivity contribution in [1.82, 2.24) is 4.98 Å². The van der Waals surface area contributed by atoms with Crippen LogP contribution in [0.15, 0.2) is 28.0 Å². The number of fused-ring (bicyclic) bond motifs is 1. The Morgan fingerprint density at radius 1 is 1.48 bits per heavy atom. The lowest BCUT2D eigenvalue weighted by atomic mass is 9.92. The molecule has 1 aliphatic carbocycles. The first-order valence-corrected chi connectivity index (χ1v) is 7.23. The predicted octanol–water partition coefficient (Wildman–Crippen LogP) is 3.38. The minimum absolute atomic E-state index is 0.163. The van der Waals surface area contributed by atoms with Crippen molar-refractivity contribution in [3.8, 4) is 0 Å². The number of hydrogen-bond donors (Lipinski definition) is 1. The molecule has 0 bridgehead atoms. The molecule has 2 aromatic heterocycles. The summed E-state index contributed by atoms with van der Waals surface area (Å²) in [5.74, 6) is -0.402. The molecule has 0 spiro atoms. The van der Waals surface area contributed by atoms with Gasteiger partial charge in [0.15, 0.2) is 0 Å². The third-order valence-corrected chi connectivity index (χ3v) is 3.84. The average molecular weight is 286 g/mol. The number of nitrogens with one attached hydrogen (secondary N) is 1. The number of rotatable bonds is 3. The summed E-state index contributed by atoms with van der Waals surface area (Å²) < 4.78 is 5.00. The number of aryl methyl sites for hydroxylation is 2. The Morgan fingerprint density at radius 2 is 2.33 bits per heavy atom. The molecule has 0 aromatic carbocycles. The quantitative estimate of drug-likeness (QED) is 0.694. The van der Waals surface area contributed by atoms with E-state index in [1.165, 1.54) is 23.2 Å². The Morgan fingerprint density at radius 3 is 3.05 bits per heavy atom. The zero-order chi connectivity index (χ0) is 14.8. The molecule has 5 nitrogen and oxygen atoms in total. The van der Waals surface area contributed by atoms with Crippen molar-refractivity contribution in [3.63, 3.8) is 0 Å². The molecule has 0 radical (unpaired) electrons. The van der Waals surface area contributed by atoms with Crippen LogP contribution in [0.25, 0.3) is 0 Å². The molecule has 1 N–H and O–H groups in total. The van der Waals surface area contributed by atoms with Gasteiger partial charge in [-0.15, -0.1) is 0 Å². The van der Waals surface area contributed by atoms with Gasteiger partial charge in [-0.2, -0.15) is 0 Å². The molecule has 110 valence electrons. The van der Waals surface area contributed by atoms with Crippen LogP contribution in [0.2, 0.25) is 0 Å². The minimum atomic E-state index is -0.565. The normalized spacial score (nSPS) is 16.0. The highest BCUT2D eigenvalue weighted by Gasteiger charge is 2.23. The van der Waals surface area contributed by atoms with Gasteiger partial charge in [-0.25, -0.2) is 4.79 Å². The summed E-state index contributed by atoms with van der Waals surface area (Å²) in [6, 6.07) is 3.21. The molecule has 0 fully saturated rings. The van der Waals surface area contributed by atoms with Crippen LogP contribution in [0.5, 0.6) is 0 Å². The fraction of sp³-hybridized carbons (Fsp3) is 0.375. The molecule has 2 heterocycles. The maximum Gasteiger partial charge on any atom is 0.400 e. The zero-order valence-corrected chi connectivity index (χ0v) is 12.2. The summed E-state index contributed by atoms with van der Waals surface area (Å²) in [6.07, 6.45) is 5.22. The van der Waals surface area contributed by atoms with Gasteiger partial charge in [-0.1, -0.05) is 12.1 Å². The number of H-pyrrole nitrogens is 1. The molecule has 0 amide bonds. The van der Waals surface area contributed by atoms with Crippen molar-refractivity contribution in [2.75, 3.05) is 0 Å². The lowest BCUT2D eigenvalue weighted by Crippen LogP contribution is -2.14. The van der Waals surface area contributed by atoms with E-state index in [0.717, 1.165) is 37.0 Å². The maximum atomic E-state index is 11.8. The largest absolute Gasteiger partial charge is 0.457 e. The van der Waals surface area contributed by atoms with Crippen LogP contribution in [0.3, 0.4) is 0 Å². The van der Waals surface area contributed by atoms with E-state index in [1.54, 1.807) is 12.1 Å². The minimum Gasteiger partial charge on any atom is -0.457 e. The number of nitrogens with zero attached hydrogens (tertiary/aromatic N) is 1. The van der Waals surface area contributed by atoms with Crippen molar-refractivity contribution in [3.05, 3.63) is 46.7 Å². The number of carbonyl (C=O) groups excluding carboxylic acids is 1. The van der Waals surface area contributed by atoms with Crippen molar-refractivity contribution in [2.24, 2.45) is 5.16 Å². The van der Waals surface area contributed by atoms with Crippen molar-refractivity contribution < 1.29 is 14.0 Å². The van der Waals surface area contributed by atoms with Crippen LogP contribution >= 0.6 is 0 Å². The van der Waals surface area contributed by atoms with Gasteiger partial charge in [0.2, 0.25) is 5.76 Å². The highest BCUT2D eigenvalue weighted by Crippen LogP contribution is 2.28. The van der Waals surface area contributed by atoms with E-state index in [4.69, 9.17) is 9.25 Å². The summed E-state index contributed by atoms with van der Waals surface area (Å²) in [5.41, 5.74) is 5.61. The second-order valence-electron chi connectivity index (χ2n) is 5.18. The van der Waals surface area contributed by atoms with E-state index in [2.05, 4.69) is 24.0 Å². The van der Waals surface area contributed by atoms with Gasteiger partial charge >= 0.3 is 5.97 Å². The molecular formula is C16H18N2O3. The molecular weight excluding hydrogens is 268 g/mol. The Kier molecular flexibility index (Phi) is 3.64. The van der Waals surface area contributed by atoms with Crippen LogP contribution in [0.1, 0.15) is 52.8 Å². The van der Waals surface area contributed by atoms with Crippen LogP contribution in [-0.4, -0.2) is 16.7 Å². The van der Waals surface area contributed by atoms with E-state index in [0.29, 0.717) is 0 Å². The number of oxime groups is 1. The molecule has 2 aromatic rings. The fourth-order valence-corrected chi connectivity index (χ4v) is 2.90. The molecule has 0 aliphatic heterocycles. The Bertz CT molecular complexity index is 681. The number of aromatic nitrogens is 1. The second kappa shape index (κ2) is 5.60. The zero-order valence-electron chi connectivity index (χ0n) is 12.2. The monoisotopic (exact) mass is 286 g/mol. The van der Waals surface area contributed by atoms with Crippen LogP contribution < -0.4 is 0 Å². The highest BCUT2D eigenvalue weighted by atomic mass is 16.7. The molecule has 0 saturated carbocycles. The smallest absolute Gasteiger partial charge is 0.400 e. The molecule has 1 aliphatic rings. The van der Waals surface area contributed by atoms with E-state index >= 15 is 0 Å². The van der Waals surface area contributed by atoms with Crippen LogP contribution in [0.4, 0.5) is 0 Å². The van der Waals surface area contributed by atoms with Gasteiger partial charge in [0.1, 0.15) is 0 Å². The highest BCUT2D eigenvalue weighted by molar-refractivity contribution is 6.04. The first-order valence-electron chi connectivity index (χ1n) is 7.23. The number of furan rings is 1. The van der Waals surface area contributed by atoms with Gasteiger partial charge in [-0.05, 0) is 50.3 Å². The summed E-state index contributed by atoms with van der Waals surface area (Å²) in [7, 11) is 0. The average Bonchev–Trinajstić information content (AvgIpc) is 3.11. The lowest BCUT2D eigenvalue weighted by molar-refractivity contribution is 0.0479. The van der Waals surface area contributed by atoms with Gasteiger partial charge < -0.3 is 14.2 Å². The topological polar surface area (TPSA) is 67.6 Å². The molecule has 0 saturated heterocycles. The molecule has 0 atom stereocenters. The molecule has 21 heavy (non-hydrogen) atoms. The van der Waals surface area contributed by atoms with Gasteiger partial charge in [0, 0.05) is 17.0 Å². The number of carbonyl (C=O) groups is 1. The van der Waals surface area contributed by atoms with Crippen molar-refractivity contribution in [2.45, 2.75) is 39.5 Å². The standard InChI is InChI=1S/C16H18N2O3/c1-3-11-10(2)17-12-6-4-7-13(15(11)12)18-21-16(19)14-8-5-9-20-14/h5,8-9,17H,3-4,6-7H2,1-2H3/b18-13+. The third kappa shape index (κ3) is 2.51. The first-order chi connectivity index (χ1) is 10.2. The van der Waals surface area contributed by atoms with Crippen LogP contribution in [0, 0.1) is 6.92 Å². The van der Waals surface area contributed by atoms with Crippen molar-refractivity contribution >= 4 is 11.7 Å². The van der Waals surface area contributed by atoms with Gasteiger partial charge in [0.25, 0.3) is 0 Å². The van der Waals surface area contributed by atoms with Crippen LogP contribution in [-0.2, 0) is 17.7 Å². The predicted molar refractivity (Wildman–Crippen MR) is 78.5 cm³/mol. The molecule has 3 rings (SSSR count). The summed E-state index contributed by atoms with van der Waals surface area (Å²) in [5, 5.41) is 4.09. The van der Waals surface area contributed by atoms with Crippen molar-refractivity contribution in [1.29, 1.82) is 0 Å². The fourth-order valence-electron chi connectivity index (χ4n) is 2.90. The van der Waals surface area contributed by atoms with E-state index in [-0.39, 0.29) is 5.76 Å². The second-order valence-corrected chi connectivity index (χ2v) is 5.18. The Balaban J connectivity index is 1.87. The number of hydrogen-bond acceptors (Lipinski definition) is 4. The molecule has 0 unspecified atom stereocenters. The van der Waals surface area contributed by atoms with Gasteiger partial charge in [-0.3, -0.25) is 0 Å². The SMILES string of the molecule is CCc1c(C)[nH]c2c1/C(=N/OC(=O)c1ccco1)CCC2. The number of aromatic amines is 1. The Labute approximate surface area is 123 Å².